The highest BCUT2D eigenvalue weighted by Gasteiger charge is 2.25. The summed E-state index contributed by atoms with van der Waals surface area (Å²) < 4.78 is 0. The Labute approximate surface area is 125 Å². The number of para-hydroxylation sites is 1. The Morgan fingerprint density at radius 1 is 1.14 bits per heavy atom. The van der Waals surface area contributed by atoms with Gasteiger partial charge in [0.05, 0.1) is 0 Å². The molecule has 2 aromatic carbocycles. The summed E-state index contributed by atoms with van der Waals surface area (Å²) in [6.07, 6.45) is 1.80. The molecule has 1 unspecified atom stereocenters. The van der Waals surface area contributed by atoms with Gasteiger partial charge in [-0.1, -0.05) is 49.4 Å². The smallest absolute Gasteiger partial charge is 0.243 e. The zero-order chi connectivity index (χ0) is 14.7. The van der Waals surface area contributed by atoms with Gasteiger partial charge in [-0.05, 0) is 29.2 Å². The van der Waals surface area contributed by atoms with Gasteiger partial charge in [-0.2, -0.15) is 0 Å². The highest BCUT2D eigenvalue weighted by Crippen LogP contribution is 2.25. The Bertz CT molecular complexity index is 609. The van der Waals surface area contributed by atoms with Gasteiger partial charge in [-0.15, -0.1) is 0 Å². The van der Waals surface area contributed by atoms with Crippen molar-refractivity contribution in [1.29, 1.82) is 0 Å². The maximum absolute atomic E-state index is 12.2. The van der Waals surface area contributed by atoms with Gasteiger partial charge >= 0.3 is 0 Å². The van der Waals surface area contributed by atoms with Crippen LogP contribution in [0, 0.1) is 0 Å². The molecule has 2 N–H and O–H groups in total. The molecule has 0 aliphatic carbocycles. The molecule has 1 aliphatic heterocycles. The molecule has 0 saturated heterocycles. The average Bonchev–Trinajstić information content (AvgIpc) is 2.97. The lowest BCUT2D eigenvalue weighted by molar-refractivity contribution is -0.121. The van der Waals surface area contributed by atoms with Crippen LogP contribution in [0.2, 0.25) is 0 Å². The number of fused-ring (bicyclic) bond motifs is 1. The topological polar surface area (TPSA) is 41.1 Å². The Hall–Kier alpha value is -2.29. The number of carbonyl (C=O) groups excluding carboxylic acids is 1. The monoisotopic (exact) mass is 280 g/mol. The predicted octanol–water partition coefficient (Wildman–Crippen LogP) is 2.90. The summed E-state index contributed by atoms with van der Waals surface area (Å²) in [5.41, 5.74) is 4.74. The maximum Gasteiger partial charge on any atom is 0.243 e. The Balaban J connectivity index is 1.55. The molecule has 1 atom stereocenters. The number of aryl methyl sites for hydroxylation is 1. The number of amides is 1. The molecule has 108 valence electrons. The van der Waals surface area contributed by atoms with Crippen molar-refractivity contribution < 1.29 is 4.79 Å². The molecule has 0 saturated carbocycles. The van der Waals surface area contributed by atoms with Crippen LogP contribution in [0.5, 0.6) is 0 Å². The molecule has 2 aromatic rings. The zero-order valence-corrected chi connectivity index (χ0v) is 12.2. The third-order valence-electron chi connectivity index (χ3n) is 3.99. The number of rotatable bonds is 4. The molecule has 0 bridgehead atoms. The zero-order valence-electron chi connectivity index (χ0n) is 12.2. The first-order valence-electron chi connectivity index (χ1n) is 7.46. The first-order chi connectivity index (χ1) is 10.3. The first kappa shape index (κ1) is 13.7. The van der Waals surface area contributed by atoms with Crippen molar-refractivity contribution in [3.05, 3.63) is 65.2 Å². The minimum absolute atomic E-state index is 0.0609. The Kier molecular flexibility index (Phi) is 3.91. The summed E-state index contributed by atoms with van der Waals surface area (Å²) in [5, 5.41) is 6.29. The second kappa shape index (κ2) is 6.00. The van der Waals surface area contributed by atoms with E-state index in [9.17, 15) is 4.79 Å². The molecule has 1 heterocycles. The largest absolute Gasteiger partial charge is 0.373 e. The third kappa shape index (κ3) is 3.07. The standard InChI is InChI=1S/C18H20N2O/c1-2-13-7-9-14(10-8-13)12-19-18(21)17-11-15-5-3-4-6-16(15)20-17/h3-10,17,20H,2,11-12H2,1H3,(H,19,21). The second-order valence-electron chi connectivity index (χ2n) is 5.45. The van der Waals surface area contributed by atoms with E-state index in [2.05, 4.69) is 47.9 Å². The lowest BCUT2D eigenvalue weighted by Crippen LogP contribution is -2.38. The van der Waals surface area contributed by atoms with Crippen LogP contribution in [-0.4, -0.2) is 11.9 Å². The van der Waals surface area contributed by atoms with Gasteiger partial charge in [-0.25, -0.2) is 0 Å². The van der Waals surface area contributed by atoms with Crippen LogP contribution in [-0.2, 0) is 24.2 Å². The Morgan fingerprint density at radius 2 is 1.86 bits per heavy atom. The minimum Gasteiger partial charge on any atom is -0.373 e. The van der Waals surface area contributed by atoms with Gasteiger partial charge in [0, 0.05) is 18.7 Å². The first-order valence-corrected chi connectivity index (χ1v) is 7.46. The van der Waals surface area contributed by atoms with Crippen LogP contribution in [0.15, 0.2) is 48.5 Å². The van der Waals surface area contributed by atoms with Crippen molar-refractivity contribution in [1.82, 2.24) is 5.32 Å². The van der Waals surface area contributed by atoms with Crippen LogP contribution < -0.4 is 10.6 Å². The van der Waals surface area contributed by atoms with Gasteiger partial charge < -0.3 is 10.6 Å². The van der Waals surface area contributed by atoms with E-state index in [1.807, 2.05) is 18.2 Å². The molecule has 1 aliphatic rings. The average molecular weight is 280 g/mol. The van der Waals surface area contributed by atoms with Crippen molar-refractivity contribution in [3.63, 3.8) is 0 Å². The van der Waals surface area contributed by atoms with Crippen LogP contribution >= 0.6 is 0 Å². The Morgan fingerprint density at radius 3 is 2.57 bits per heavy atom. The molecular weight excluding hydrogens is 260 g/mol. The van der Waals surface area contributed by atoms with Crippen molar-refractivity contribution in [2.45, 2.75) is 32.4 Å². The number of hydrogen-bond donors (Lipinski definition) is 2. The summed E-state index contributed by atoms with van der Waals surface area (Å²) in [5.74, 6) is 0.0609. The fourth-order valence-electron chi connectivity index (χ4n) is 2.66. The molecule has 3 nitrogen and oxygen atoms in total. The molecule has 21 heavy (non-hydrogen) atoms. The number of carbonyl (C=O) groups is 1. The SMILES string of the molecule is CCc1ccc(CNC(=O)C2Cc3ccccc3N2)cc1. The van der Waals surface area contributed by atoms with Crippen LogP contribution in [0.4, 0.5) is 5.69 Å². The van der Waals surface area contributed by atoms with Crippen molar-refractivity contribution in [2.75, 3.05) is 5.32 Å². The van der Waals surface area contributed by atoms with Gasteiger partial charge in [0.15, 0.2) is 0 Å². The summed E-state index contributed by atoms with van der Waals surface area (Å²) in [6, 6.07) is 16.3. The maximum atomic E-state index is 12.2. The van der Waals surface area contributed by atoms with E-state index in [-0.39, 0.29) is 11.9 Å². The molecule has 0 fully saturated rings. The fraction of sp³-hybridized carbons (Fsp3) is 0.278. The highest BCUT2D eigenvalue weighted by molar-refractivity contribution is 5.87. The van der Waals surface area contributed by atoms with E-state index in [1.165, 1.54) is 11.1 Å². The summed E-state index contributed by atoms with van der Waals surface area (Å²) in [7, 11) is 0. The van der Waals surface area contributed by atoms with Crippen LogP contribution in [0.25, 0.3) is 0 Å². The van der Waals surface area contributed by atoms with Crippen LogP contribution in [0.3, 0.4) is 0 Å². The highest BCUT2D eigenvalue weighted by atomic mass is 16.2. The van der Waals surface area contributed by atoms with Gasteiger partial charge in [0.1, 0.15) is 6.04 Å². The second-order valence-corrected chi connectivity index (χ2v) is 5.45. The lowest BCUT2D eigenvalue weighted by atomic mass is 10.1. The van der Waals surface area contributed by atoms with E-state index in [4.69, 9.17) is 0 Å². The summed E-state index contributed by atoms with van der Waals surface area (Å²) >= 11 is 0. The van der Waals surface area contributed by atoms with E-state index in [0.717, 1.165) is 24.1 Å². The summed E-state index contributed by atoms with van der Waals surface area (Å²) in [4.78, 5) is 12.2. The molecule has 3 rings (SSSR count). The van der Waals surface area contributed by atoms with Crippen molar-refractivity contribution >= 4 is 11.6 Å². The minimum atomic E-state index is -0.155. The molecule has 0 aromatic heterocycles. The molecular formula is C18H20N2O. The quantitative estimate of drug-likeness (QED) is 0.904. The molecule has 1 amide bonds. The van der Waals surface area contributed by atoms with E-state index in [0.29, 0.717) is 6.54 Å². The number of benzene rings is 2. The van der Waals surface area contributed by atoms with Gasteiger partial charge in [-0.3, -0.25) is 4.79 Å². The third-order valence-corrected chi connectivity index (χ3v) is 3.99. The van der Waals surface area contributed by atoms with Crippen LogP contribution in [0.1, 0.15) is 23.6 Å². The number of nitrogens with one attached hydrogen (secondary N) is 2. The van der Waals surface area contributed by atoms with E-state index < -0.39 is 0 Å². The molecule has 3 heteroatoms. The number of anilines is 1. The number of hydrogen-bond acceptors (Lipinski definition) is 2. The molecule has 0 spiro atoms. The van der Waals surface area contributed by atoms with E-state index in [1.54, 1.807) is 0 Å². The lowest BCUT2D eigenvalue weighted by Gasteiger charge is -2.12. The van der Waals surface area contributed by atoms with Crippen molar-refractivity contribution in [2.24, 2.45) is 0 Å². The molecule has 0 radical (unpaired) electrons. The fourth-order valence-corrected chi connectivity index (χ4v) is 2.66. The van der Waals surface area contributed by atoms with Gasteiger partial charge in [0.2, 0.25) is 5.91 Å². The van der Waals surface area contributed by atoms with Gasteiger partial charge in [0.25, 0.3) is 0 Å². The van der Waals surface area contributed by atoms with E-state index >= 15 is 0 Å². The van der Waals surface area contributed by atoms with Crippen molar-refractivity contribution in [3.8, 4) is 0 Å². The normalized spacial score (nSPS) is 16.1. The summed E-state index contributed by atoms with van der Waals surface area (Å²) in [6.45, 7) is 2.72. The predicted molar refractivity (Wildman–Crippen MR) is 85.2 cm³/mol.